The molecule has 13 heteroatoms. The fourth-order valence-electron chi connectivity index (χ4n) is 6.03. The molecule has 3 aromatic heterocycles. The van der Waals surface area contributed by atoms with Gasteiger partial charge in [0.2, 0.25) is 5.91 Å². The monoisotopic (exact) mass is 622 g/mol. The van der Waals surface area contributed by atoms with E-state index in [-0.39, 0.29) is 29.7 Å². The number of carbonyl (C=O) groups excluding carboxylic acids is 1. The van der Waals surface area contributed by atoms with Crippen molar-refractivity contribution < 1.29 is 13.2 Å². The maximum atomic E-state index is 11.9. The van der Waals surface area contributed by atoms with Gasteiger partial charge in [-0.1, -0.05) is 31.5 Å². The summed E-state index contributed by atoms with van der Waals surface area (Å²) in [5.74, 6) is 2.29. The lowest BCUT2D eigenvalue weighted by Crippen LogP contribution is -2.57. The van der Waals surface area contributed by atoms with Crippen LogP contribution in [0.5, 0.6) is 0 Å². The minimum atomic E-state index is -3.03. The Morgan fingerprint density at radius 2 is 1.98 bits per heavy atom. The molecule has 4 aromatic rings. The average molecular weight is 623 g/mol. The van der Waals surface area contributed by atoms with Crippen molar-refractivity contribution in [2.45, 2.75) is 58.2 Å². The molecule has 11 nitrogen and oxygen atoms in total. The molecule has 2 fully saturated rings. The number of nitrogens with one attached hydrogen (secondary N) is 2. The third kappa shape index (κ3) is 6.16. The number of fused-ring (bicyclic) bond motifs is 1. The Morgan fingerprint density at radius 1 is 1.16 bits per heavy atom. The Hall–Kier alpha value is -3.77. The van der Waals surface area contributed by atoms with Crippen LogP contribution in [0.3, 0.4) is 0 Å². The lowest BCUT2D eigenvalue weighted by atomic mass is 9.88. The summed E-state index contributed by atoms with van der Waals surface area (Å²) in [5, 5.41) is 13.1. The number of amides is 1. The Bertz CT molecular complexity index is 1810. The third-order valence-electron chi connectivity index (χ3n) is 8.33. The number of anilines is 3. The molecule has 0 saturated carbocycles. The highest BCUT2D eigenvalue weighted by molar-refractivity contribution is 7.90. The van der Waals surface area contributed by atoms with Crippen LogP contribution in [0.4, 0.5) is 17.3 Å². The van der Waals surface area contributed by atoms with Crippen LogP contribution in [0.15, 0.2) is 42.9 Å². The van der Waals surface area contributed by atoms with Crippen molar-refractivity contribution in [3.05, 3.63) is 53.6 Å². The first-order valence-electron chi connectivity index (χ1n) is 14.4. The van der Waals surface area contributed by atoms with Crippen molar-refractivity contribution in [1.29, 1.82) is 0 Å². The zero-order valence-electron chi connectivity index (χ0n) is 24.6. The van der Waals surface area contributed by atoms with Gasteiger partial charge in [-0.3, -0.25) is 9.48 Å². The van der Waals surface area contributed by atoms with Gasteiger partial charge in [-0.15, -0.1) is 0 Å². The molecule has 3 atom stereocenters. The van der Waals surface area contributed by atoms with Gasteiger partial charge in [0, 0.05) is 66.9 Å². The molecule has 2 N–H and O–H groups in total. The topological polar surface area (TPSA) is 135 Å². The molecule has 5 heterocycles. The molecule has 6 rings (SSSR count). The minimum absolute atomic E-state index is 0.0266. The zero-order valence-corrected chi connectivity index (χ0v) is 26.2. The largest absolute Gasteiger partial charge is 0.368 e. The Morgan fingerprint density at radius 3 is 2.67 bits per heavy atom. The number of hydrogen-bond acceptors (Lipinski definition) is 9. The molecule has 43 heavy (non-hydrogen) atoms. The van der Waals surface area contributed by atoms with Crippen molar-refractivity contribution in [2.24, 2.45) is 5.92 Å². The Balaban J connectivity index is 1.25. The van der Waals surface area contributed by atoms with Crippen LogP contribution >= 0.6 is 11.6 Å². The summed E-state index contributed by atoms with van der Waals surface area (Å²) in [6, 6.07) is 8.23. The summed E-state index contributed by atoms with van der Waals surface area (Å²) in [6.07, 6.45) is 7.92. The van der Waals surface area contributed by atoms with Gasteiger partial charge >= 0.3 is 0 Å². The smallest absolute Gasteiger partial charge is 0.220 e. The number of benzene rings is 1. The maximum absolute atomic E-state index is 11.9. The van der Waals surface area contributed by atoms with Gasteiger partial charge in [-0.05, 0) is 48.4 Å². The summed E-state index contributed by atoms with van der Waals surface area (Å²) >= 11 is 6.46. The molecular formula is C30H35ClN8O3S. The van der Waals surface area contributed by atoms with Crippen molar-refractivity contribution in [3.63, 3.8) is 0 Å². The van der Waals surface area contributed by atoms with Crippen LogP contribution < -0.4 is 15.5 Å². The third-order valence-corrected chi connectivity index (χ3v) is 9.64. The van der Waals surface area contributed by atoms with Gasteiger partial charge in [0.1, 0.15) is 21.5 Å². The van der Waals surface area contributed by atoms with Gasteiger partial charge in [0.05, 0.1) is 17.9 Å². The van der Waals surface area contributed by atoms with Crippen molar-refractivity contribution in [1.82, 2.24) is 30.0 Å². The van der Waals surface area contributed by atoms with Crippen molar-refractivity contribution in [3.8, 4) is 11.4 Å². The predicted octanol–water partition coefficient (Wildman–Crippen LogP) is 4.56. The highest BCUT2D eigenvalue weighted by Gasteiger charge is 2.38. The van der Waals surface area contributed by atoms with E-state index in [2.05, 4.69) is 63.5 Å². The Labute approximate surface area is 256 Å². The second-order valence-electron chi connectivity index (χ2n) is 11.9. The molecule has 0 unspecified atom stereocenters. The first kappa shape index (κ1) is 29.3. The summed E-state index contributed by atoms with van der Waals surface area (Å²) in [4.78, 5) is 27.6. The van der Waals surface area contributed by atoms with Gasteiger partial charge in [-0.25, -0.2) is 23.4 Å². The van der Waals surface area contributed by atoms with Gasteiger partial charge < -0.3 is 15.5 Å². The normalized spacial score (nSPS) is 20.5. The van der Waals surface area contributed by atoms with Crippen LogP contribution in [0, 0.1) is 5.92 Å². The average Bonchev–Trinajstić information content (AvgIpc) is 3.53. The van der Waals surface area contributed by atoms with Crippen molar-refractivity contribution in [2.75, 3.05) is 28.8 Å². The van der Waals surface area contributed by atoms with E-state index in [1.54, 1.807) is 23.1 Å². The number of nitrogens with zero attached hydrogens (tertiary/aromatic N) is 6. The van der Waals surface area contributed by atoms with Crippen LogP contribution in [-0.2, 0) is 21.2 Å². The van der Waals surface area contributed by atoms with E-state index in [0.717, 1.165) is 22.9 Å². The van der Waals surface area contributed by atoms with Crippen molar-refractivity contribution >= 4 is 55.4 Å². The molecule has 1 amide bonds. The lowest BCUT2D eigenvalue weighted by Gasteiger charge is -2.48. The molecule has 0 spiro atoms. The van der Waals surface area contributed by atoms with Gasteiger partial charge in [-0.2, -0.15) is 5.10 Å². The first-order chi connectivity index (χ1) is 20.4. The van der Waals surface area contributed by atoms with Crippen LogP contribution in [0.2, 0.25) is 5.15 Å². The number of sulfone groups is 1. The maximum Gasteiger partial charge on any atom is 0.220 e. The van der Waals surface area contributed by atoms with Crippen LogP contribution in [-0.4, -0.2) is 69.7 Å². The summed E-state index contributed by atoms with van der Waals surface area (Å²) < 4.78 is 25.5. The Kier molecular flexibility index (Phi) is 7.76. The second kappa shape index (κ2) is 11.4. The SMILES string of the molecule is CC(C)c1ccc(N2C[C@H](CS(C)(=O)=O)[C@H]2C)c2cnc(Nc3ccnc(-c4cn(C[C@H]5CCC(=O)N5)nc4Cl)n3)cc12. The molecule has 0 radical (unpaired) electrons. The summed E-state index contributed by atoms with van der Waals surface area (Å²) in [5.41, 5.74) is 2.86. The number of rotatable bonds is 9. The molecule has 0 aliphatic carbocycles. The quantitative estimate of drug-likeness (QED) is 0.275. The summed E-state index contributed by atoms with van der Waals surface area (Å²) in [6.45, 7) is 7.64. The number of hydrogen-bond donors (Lipinski definition) is 2. The standard InChI is InChI=1S/C30H35ClN8O3S/c1-17(2)21-6-7-25(39-13-19(18(39)3)16-43(4,41)42)23-12-33-27(11-22(21)23)35-26-9-10-32-30(36-26)24-15-38(37-29(24)31)14-20-5-8-28(40)34-20/h6-7,9-12,15,17-20H,5,8,13-14,16H2,1-4H3,(H,34,40)(H,32,33,35,36)/t18-,19-,20-/m1/s1. The van der Waals surface area contributed by atoms with E-state index in [1.807, 2.05) is 12.3 Å². The molecule has 0 bridgehead atoms. The predicted molar refractivity (Wildman–Crippen MR) is 169 cm³/mol. The molecule has 226 valence electrons. The van der Waals surface area contributed by atoms with Gasteiger partial charge in [0.15, 0.2) is 11.0 Å². The number of carbonyl (C=O) groups is 1. The van der Waals surface area contributed by atoms with E-state index in [1.165, 1.54) is 11.8 Å². The fraction of sp³-hybridized carbons (Fsp3) is 0.433. The van der Waals surface area contributed by atoms with E-state index >= 15 is 0 Å². The number of aromatic nitrogens is 5. The molecule has 2 aliphatic rings. The van der Waals surface area contributed by atoms with Gasteiger partial charge in [0.25, 0.3) is 0 Å². The van der Waals surface area contributed by atoms with E-state index in [0.29, 0.717) is 53.6 Å². The molecular weight excluding hydrogens is 588 g/mol. The van der Waals surface area contributed by atoms with E-state index in [4.69, 9.17) is 16.6 Å². The molecule has 2 aliphatic heterocycles. The zero-order chi connectivity index (χ0) is 30.5. The van der Waals surface area contributed by atoms with E-state index < -0.39 is 9.84 Å². The van der Waals surface area contributed by atoms with Crippen LogP contribution in [0.25, 0.3) is 22.2 Å². The first-order valence-corrected chi connectivity index (χ1v) is 16.9. The molecule has 2 saturated heterocycles. The minimum Gasteiger partial charge on any atom is -0.368 e. The van der Waals surface area contributed by atoms with Crippen LogP contribution in [0.1, 0.15) is 45.1 Å². The fourth-order valence-corrected chi connectivity index (χ4v) is 7.42. The number of halogens is 1. The van der Waals surface area contributed by atoms with E-state index in [9.17, 15) is 13.2 Å². The lowest BCUT2D eigenvalue weighted by molar-refractivity contribution is -0.119. The second-order valence-corrected chi connectivity index (χ2v) is 14.5. The molecule has 1 aromatic carbocycles. The highest BCUT2D eigenvalue weighted by atomic mass is 35.5. The summed E-state index contributed by atoms with van der Waals surface area (Å²) in [7, 11) is -3.03. The highest BCUT2D eigenvalue weighted by Crippen LogP contribution is 2.39. The number of pyridine rings is 1.